The van der Waals surface area contributed by atoms with Crippen molar-refractivity contribution in [1.29, 1.82) is 0 Å². The first kappa shape index (κ1) is 16.6. The molecule has 120 valence electrons. The Morgan fingerprint density at radius 2 is 1.77 bits per heavy atom. The van der Waals surface area contributed by atoms with E-state index in [1.54, 1.807) is 0 Å². The zero-order chi connectivity index (χ0) is 15.9. The average Bonchev–Trinajstić information content (AvgIpc) is 2.56. The molecule has 1 aromatic carbocycles. The van der Waals surface area contributed by atoms with Crippen molar-refractivity contribution in [3.63, 3.8) is 0 Å². The van der Waals surface area contributed by atoms with Gasteiger partial charge in [0.2, 0.25) is 0 Å². The molecule has 1 heterocycles. The van der Waals surface area contributed by atoms with Crippen molar-refractivity contribution in [1.82, 2.24) is 9.80 Å². The molecule has 1 fully saturated rings. The van der Waals surface area contributed by atoms with Crippen LogP contribution in [0.2, 0.25) is 0 Å². The lowest BCUT2D eigenvalue weighted by molar-refractivity contribution is 0.101. The number of halogens is 1. The van der Waals surface area contributed by atoms with Crippen LogP contribution in [0.3, 0.4) is 0 Å². The van der Waals surface area contributed by atoms with Crippen LogP contribution in [0.1, 0.15) is 23.7 Å². The minimum atomic E-state index is -0.375. The molecule has 1 aromatic rings. The lowest BCUT2D eigenvalue weighted by Gasteiger charge is -2.34. The zero-order valence-corrected chi connectivity index (χ0v) is 13.0. The van der Waals surface area contributed by atoms with Crippen molar-refractivity contribution >= 4 is 5.78 Å². The number of piperazine rings is 1. The Bertz CT molecular complexity index is 520. The highest BCUT2D eigenvalue weighted by Crippen LogP contribution is 2.14. The van der Waals surface area contributed by atoms with E-state index in [0.29, 0.717) is 17.6 Å². The molecule has 0 aromatic heterocycles. The highest BCUT2D eigenvalue weighted by atomic mass is 19.1. The Balaban J connectivity index is 1.87. The van der Waals surface area contributed by atoms with Gasteiger partial charge >= 0.3 is 0 Å². The normalized spacial score (nSPS) is 17.6. The fourth-order valence-electron chi connectivity index (χ4n) is 2.63. The van der Waals surface area contributed by atoms with Crippen LogP contribution in [0.25, 0.3) is 0 Å². The van der Waals surface area contributed by atoms with Gasteiger partial charge < -0.3 is 14.9 Å². The number of ketones is 1. The highest BCUT2D eigenvalue weighted by Gasteiger charge is 2.18. The van der Waals surface area contributed by atoms with Crippen LogP contribution < -0.4 is 0 Å². The molecule has 5 heteroatoms. The Morgan fingerprint density at radius 3 is 2.32 bits per heavy atom. The summed E-state index contributed by atoms with van der Waals surface area (Å²) in [5.41, 5.74) is 0.766. The van der Waals surface area contributed by atoms with Crippen LogP contribution in [0.5, 0.6) is 0 Å². The topological polar surface area (TPSA) is 43.8 Å². The minimum Gasteiger partial charge on any atom is -0.515 e. The lowest BCUT2D eigenvalue weighted by Crippen LogP contribution is -2.46. The van der Waals surface area contributed by atoms with Crippen LogP contribution in [0.15, 0.2) is 36.1 Å². The standard InChI is InChI=1S/C17H23FN2O2/c1-2-19-9-11-20(12-10-19)8-7-15(13-21)17(22)14-3-5-16(18)6-4-14/h3-6,13,21H,2,7-12H2,1H3. The molecule has 1 saturated heterocycles. The smallest absolute Gasteiger partial charge is 0.192 e. The molecule has 0 unspecified atom stereocenters. The van der Waals surface area contributed by atoms with Crippen LogP contribution >= 0.6 is 0 Å². The molecule has 0 bridgehead atoms. The summed E-state index contributed by atoms with van der Waals surface area (Å²) in [7, 11) is 0. The van der Waals surface area contributed by atoms with Gasteiger partial charge in [-0.05, 0) is 37.2 Å². The second-order valence-corrected chi connectivity index (χ2v) is 5.52. The van der Waals surface area contributed by atoms with Crippen molar-refractivity contribution in [3.8, 4) is 0 Å². The van der Waals surface area contributed by atoms with Gasteiger partial charge in [0.1, 0.15) is 5.82 Å². The van der Waals surface area contributed by atoms with Crippen molar-refractivity contribution in [3.05, 3.63) is 47.5 Å². The lowest BCUT2D eigenvalue weighted by atomic mass is 10.0. The summed E-state index contributed by atoms with van der Waals surface area (Å²) in [6.45, 7) is 8.02. The summed E-state index contributed by atoms with van der Waals surface area (Å²) in [5, 5.41) is 9.34. The third kappa shape index (κ3) is 4.39. The molecule has 0 saturated carbocycles. The van der Waals surface area contributed by atoms with E-state index in [1.807, 2.05) is 0 Å². The van der Waals surface area contributed by atoms with Crippen LogP contribution in [-0.2, 0) is 0 Å². The quantitative estimate of drug-likeness (QED) is 0.498. The fourth-order valence-corrected chi connectivity index (χ4v) is 2.63. The maximum absolute atomic E-state index is 12.9. The second-order valence-electron chi connectivity index (χ2n) is 5.52. The first-order valence-corrected chi connectivity index (χ1v) is 7.72. The SMILES string of the molecule is CCN1CCN(CCC(=CO)C(=O)c2ccc(F)cc2)CC1. The summed E-state index contributed by atoms with van der Waals surface area (Å²) in [6, 6.07) is 5.40. The number of aliphatic hydroxyl groups is 1. The van der Waals surface area contributed by atoms with Crippen LogP contribution in [0, 0.1) is 5.82 Å². The predicted molar refractivity (Wildman–Crippen MR) is 84.6 cm³/mol. The molecule has 1 aliphatic heterocycles. The van der Waals surface area contributed by atoms with Gasteiger partial charge in [0.05, 0.1) is 6.26 Å². The van der Waals surface area contributed by atoms with E-state index in [1.165, 1.54) is 24.3 Å². The molecule has 0 amide bonds. The molecule has 0 atom stereocenters. The molecule has 0 aliphatic carbocycles. The van der Waals surface area contributed by atoms with E-state index < -0.39 is 0 Å². The van der Waals surface area contributed by atoms with Gasteiger partial charge in [0, 0.05) is 43.9 Å². The third-order valence-corrected chi connectivity index (χ3v) is 4.16. The summed E-state index contributed by atoms with van der Waals surface area (Å²) >= 11 is 0. The largest absolute Gasteiger partial charge is 0.515 e. The molecule has 1 aliphatic rings. The van der Waals surface area contributed by atoms with E-state index in [4.69, 9.17) is 0 Å². The van der Waals surface area contributed by atoms with Gasteiger partial charge in [-0.2, -0.15) is 0 Å². The van der Waals surface area contributed by atoms with Gasteiger partial charge in [-0.1, -0.05) is 6.92 Å². The van der Waals surface area contributed by atoms with E-state index in [9.17, 15) is 14.3 Å². The summed E-state index contributed by atoms with van der Waals surface area (Å²) in [4.78, 5) is 17.0. The van der Waals surface area contributed by atoms with E-state index in [2.05, 4.69) is 16.7 Å². The van der Waals surface area contributed by atoms with Crippen molar-refractivity contribution in [2.75, 3.05) is 39.3 Å². The Kier molecular flexibility index (Phi) is 6.10. The fraction of sp³-hybridized carbons (Fsp3) is 0.471. The van der Waals surface area contributed by atoms with E-state index in [0.717, 1.165) is 45.5 Å². The number of aliphatic hydroxyl groups excluding tert-OH is 1. The molecular formula is C17H23FN2O2. The number of carbonyl (C=O) groups is 1. The molecule has 0 spiro atoms. The second kappa shape index (κ2) is 8.06. The highest BCUT2D eigenvalue weighted by molar-refractivity contribution is 6.08. The average molecular weight is 306 g/mol. The van der Waals surface area contributed by atoms with Crippen molar-refractivity contribution in [2.24, 2.45) is 0 Å². The van der Waals surface area contributed by atoms with Crippen molar-refractivity contribution < 1.29 is 14.3 Å². The number of hydrogen-bond acceptors (Lipinski definition) is 4. The number of carbonyl (C=O) groups excluding carboxylic acids is 1. The molecular weight excluding hydrogens is 283 g/mol. The number of hydrogen-bond donors (Lipinski definition) is 1. The molecule has 2 rings (SSSR count). The zero-order valence-electron chi connectivity index (χ0n) is 13.0. The number of rotatable bonds is 6. The van der Waals surface area contributed by atoms with E-state index >= 15 is 0 Å². The van der Waals surface area contributed by atoms with Gasteiger partial charge in [0.15, 0.2) is 5.78 Å². The molecule has 22 heavy (non-hydrogen) atoms. The number of Topliss-reactive ketones (excluding diaryl/α,β-unsaturated/α-hetero) is 1. The molecule has 1 N–H and O–H groups in total. The predicted octanol–water partition coefficient (Wildman–Crippen LogP) is 2.48. The first-order valence-electron chi connectivity index (χ1n) is 7.72. The summed E-state index contributed by atoms with van der Waals surface area (Å²) in [5.74, 6) is -0.616. The van der Waals surface area contributed by atoms with Gasteiger partial charge in [-0.15, -0.1) is 0 Å². The third-order valence-electron chi connectivity index (χ3n) is 4.16. The maximum Gasteiger partial charge on any atom is 0.192 e. The maximum atomic E-state index is 12.9. The van der Waals surface area contributed by atoms with Gasteiger partial charge in [-0.25, -0.2) is 4.39 Å². The van der Waals surface area contributed by atoms with E-state index in [-0.39, 0.29) is 11.6 Å². The number of nitrogens with zero attached hydrogens (tertiary/aromatic N) is 2. The first-order chi connectivity index (χ1) is 10.6. The number of benzene rings is 1. The monoisotopic (exact) mass is 306 g/mol. The minimum absolute atomic E-state index is 0.241. The molecule has 0 radical (unpaired) electrons. The van der Waals surface area contributed by atoms with Crippen molar-refractivity contribution in [2.45, 2.75) is 13.3 Å². The Morgan fingerprint density at radius 1 is 1.18 bits per heavy atom. The summed E-state index contributed by atoms with van der Waals surface area (Å²) in [6.07, 6.45) is 1.38. The Hall–Kier alpha value is -1.72. The van der Waals surface area contributed by atoms with Crippen LogP contribution in [0.4, 0.5) is 4.39 Å². The Labute approximate surface area is 130 Å². The molecule has 4 nitrogen and oxygen atoms in total. The van der Waals surface area contributed by atoms with Gasteiger partial charge in [0.25, 0.3) is 0 Å². The van der Waals surface area contributed by atoms with Gasteiger partial charge in [-0.3, -0.25) is 4.79 Å². The number of likely N-dealkylation sites (N-methyl/N-ethyl adjacent to an activating group) is 1. The van der Waals surface area contributed by atoms with Crippen LogP contribution in [-0.4, -0.2) is 60.0 Å². The summed E-state index contributed by atoms with van der Waals surface area (Å²) < 4.78 is 12.9.